The minimum absolute atomic E-state index is 0.165. The average molecular weight is 419 g/mol. The zero-order valence-corrected chi connectivity index (χ0v) is 18.2. The lowest BCUT2D eigenvalue weighted by Crippen LogP contribution is -2.52. The molecule has 2 aromatic rings. The number of piperazine rings is 1. The Labute approximate surface area is 178 Å². The van der Waals surface area contributed by atoms with Crippen molar-refractivity contribution in [2.45, 2.75) is 39.4 Å². The quantitative estimate of drug-likeness (QED) is 0.717. The Kier molecular flexibility index (Phi) is 7.41. The number of halogens is 1. The van der Waals surface area contributed by atoms with Gasteiger partial charge in [0, 0.05) is 56.0 Å². The highest BCUT2D eigenvalue weighted by molar-refractivity contribution is 6.30. The normalized spacial score (nSPS) is 18.2. The summed E-state index contributed by atoms with van der Waals surface area (Å²) in [6, 6.07) is 9.62. The molecule has 3 rings (SSSR count). The van der Waals surface area contributed by atoms with E-state index in [0.29, 0.717) is 11.6 Å². The minimum Gasteiger partial charge on any atom is -0.508 e. The number of rotatable bonds is 7. The molecule has 1 atom stereocenters. The first kappa shape index (κ1) is 21.9. The van der Waals surface area contributed by atoms with E-state index in [-0.39, 0.29) is 18.4 Å². The van der Waals surface area contributed by atoms with Gasteiger partial charge in [-0.15, -0.1) is 0 Å². The molecule has 158 valence electrons. The summed E-state index contributed by atoms with van der Waals surface area (Å²) < 4.78 is 5.44. The molecule has 6 heteroatoms. The van der Waals surface area contributed by atoms with Gasteiger partial charge < -0.3 is 14.9 Å². The third kappa shape index (κ3) is 5.23. The minimum atomic E-state index is 0.165. The van der Waals surface area contributed by atoms with Crippen LogP contribution in [-0.2, 0) is 13.1 Å². The predicted molar refractivity (Wildman–Crippen MR) is 117 cm³/mol. The Morgan fingerprint density at radius 3 is 2.59 bits per heavy atom. The van der Waals surface area contributed by atoms with Gasteiger partial charge in [-0.2, -0.15) is 0 Å². The van der Waals surface area contributed by atoms with Crippen molar-refractivity contribution >= 4 is 11.6 Å². The lowest BCUT2D eigenvalue weighted by Gasteiger charge is -2.42. The van der Waals surface area contributed by atoms with Crippen LogP contribution in [0.3, 0.4) is 0 Å². The van der Waals surface area contributed by atoms with Gasteiger partial charge in [0.25, 0.3) is 0 Å². The van der Waals surface area contributed by atoms with Crippen LogP contribution in [0.4, 0.5) is 0 Å². The van der Waals surface area contributed by atoms with Crippen molar-refractivity contribution in [2.75, 3.05) is 33.4 Å². The highest BCUT2D eigenvalue weighted by atomic mass is 35.5. The molecule has 0 aromatic heterocycles. The Morgan fingerprint density at radius 2 is 1.86 bits per heavy atom. The summed E-state index contributed by atoms with van der Waals surface area (Å²) in [5.74, 6) is 1.20. The molecule has 0 amide bonds. The summed E-state index contributed by atoms with van der Waals surface area (Å²) in [7, 11) is 1.70. The molecule has 29 heavy (non-hydrogen) atoms. The summed E-state index contributed by atoms with van der Waals surface area (Å²) in [6.45, 7) is 8.59. The fraction of sp³-hybridized carbons (Fsp3) is 0.478. The van der Waals surface area contributed by atoms with Crippen molar-refractivity contribution in [1.29, 1.82) is 0 Å². The van der Waals surface area contributed by atoms with Crippen LogP contribution in [0, 0.1) is 13.8 Å². The van der Waals surface area contributed by atoms with Gasteiger partial charge in [0.15, 0.2) is 0 Å². The standard InChI is InChI=1S/C23H31ClN2O3/c1-16-17(2)23(29-3)7-4-18(16)14-26-10-9-25(15-21(26)8-11-27)13-19-12-20(24)5-6-22(19)28/h4-7,12,21,27-28H,8-11,13-15H2,1-3H3/t21-/m1/s1. The van der Waals surface area contributed by atoms with E-state index in [4.69, 9.17) is 16.3 Å². The number of nitrogens with zero attached hydrogens (tertiary/aromatic N) is 2. The molecule has 1 saturated heterocycles. The summed E-state index contributed by atoms with van der Waals surface area (Å²) in [5, 5.41) is 20.4. The van der Waals surface area contributed by atoms with E-state index >= 15 is 0 Å². The molecule has 0 unspecified atom stereocenters. The zero-order valence-electron chi connectivity index (χ0n) is 17.5. The van der Waals surface area contributed by atoms with Gasteiger partial charge in [0.1, 0.15) is 11.5 Å². The fourth-order valence-corrected chi connectivity index (χ4v) is 4.31. The molecule has 1 aliphatic rings. The fourth-order valence-electron chi connectivity index (χ4n) is 4.12. The first-order valence-corrected chi connectivity index (χ1v) is 10.5. The molecule has 0 radical (unpaired) electrons. The summed E-state index contributed by atoms with van der Waals surface area (Å²) in [6.07, 6.45) is 0.728. The number of benzene rings is 2. The van der Waals surface area contributed by atoms with Gasteiger partial charge >= 0.3 is 0 Å². The predicted octanol–water partition coefficient (Wildman–Crippen LogP) is 3.74. The topological polar surface area (TPSA) is 56.2 Å². The summed E-state index contributed by atoms with van der Waals surface area (Å²) >= 11 is 6.10. The Hall–Kier alpha value is -1.79. The number of aliphatic hydroxyl groups is 1. The SMILES string of the molecule is COc1ccc(CN2CCN(Cc3cc(Cl)ccc3O)C[C@H]2CCO)c(C)c1C. The van der Waals surface area contributed by atoms with Crippen molar-refractivity contribution < 1.29 is 14.9 Å². The van der Waals surface area contributed by atoms with E-state index in [1.165, 1.54) is 16.7 Å². The van der Waals surface area contributed by atoms with E-state index in [9.17, 15) is 10.2 Å². The average Bonchev–Trinajstić information content (AvgIpc) is 2.70. The number of aliphatic hydroxyl groups excluding tert-OH is 1. The maximum atomic E-state index is 10.1. The van der Waals surface area contributed by atoms with Crippen LogP contribution in [-0.4, -0.2) is 59.4 Å². The van der Waals surface area contributed by atoms with Gasteiger partial charge in [0.05, 0.1) is 7.11 Å². The molecule has 5 nitrogen and oxygen atoms in total. The molecular weight excluding hydrogens is 388 g/mol. The molecule has 2 aromatic carbocycles. The number of phenols is 1. The van der Waals surface area contributed by atoms with Crippen LogP contribution in [0.25, 0.3) is 0 Å². The first-order valence-electron chi connectivity index (χ1n) is 10.1. The Bertz CT molecular complexity index is 843. The molecule has 0 aliphatic carbocycles. The number of hydrogen-bond donors (Lipinski definition) is 2. The van der Waals surface area contributed by atoms with Crippen LogP contribution in [0.15, 0.2) is 30.3 Å². The number of ether oxygens (including phenoxy) is 1. The highest BCUT2D eigenvalue weighted by Crippen LogP contribution is 2.28. The van der Waals surface area contributed by atoms with Crippen molar-refractivity contribution in [3.8, 4) is 11.5 Å². The van der Waals surface area contributed by atoms with Crippen molar-refractivity contribution in [1.82, 2.24) is 9.80 Å². The van der Waals surface area contributed by atoms with E-state index in [0.717, 1.165) is 43.9 Å². The van der Waals surface area contributed by atoms with Crippen molar-refractivity contribution in [2.24, 2.45) is 0 Å². The van der Waals surface area contributed by atoms with Crippen LogP contribution in [0.2, 0.25) is 5.02 Å². The Balaban J connectivity index is 1.71. The number of hydrogen-bond acceptors (Lipinski definition) is 5. The van der Waals surface area contributed by atoms with Crippen molar-refractivity contribution in [3.05, 3.63) is 57.6 Å². The Morgan fingerprint density at radius 1 is 1.07 bits per heavy atom. The summed E-state index contributed by atoms with van der Waals surface area (Å²) in [5.41, 5.74) is 4.58. The lowest BCUT2D eigenvalue weighted by molar-refractivity contribution is 0.0495. The van der Waals surface area contributed by atoms with Crippen LogP contribution < -0.4 is 4.74 Å². The second kappa shape index (κ2) is 9.81. The lowest BCUT2D eigenvalue weighted by atomic mass is 10.00. The molecule has 0 bridgehead atoms. The van der Waals surface area contributed by atoms with E-state index < -0.39 is 0 Å². The summed E-state index contributed by atoms with van der Waals surface area (Å²) in [4.78, 5) is 4.78. The molecule has 1 heterocycles. The zero-order chi connectivity index (χ0) is 21.0. The molecule has 1 aliphatic heterocycles. The van der Waals surface area contributed by atoms with Crippen LogP contribution in [0.5, 0.6) is 11.5 Å². The monoisotopic (exact) mass is 418 g/mol. The number of methoxy groups -OCH3 is 1. The van der Waals surface area contributed by atoms with Gasteiger partial charge in [-0.1, -0.05) is 17.7 Å². The smallest absolute Gasteiger partial charge is 0.122 e. The van der Waals surface area contributed by atoms with Gasteiger partial charge in [-0.25, -0.2) is 0 Å². The maximum absolute atomic E-state index is 10.1. The number of aromatic hydroxyl groups is 1. The second-order valence-corrected chi connectivity index (χ2v) is 8.26. The van der Waals surface area contributed by atoms with Gasteiger partial charge in [-0.05, 0) is 61.2 Å². The van der Waals surface area contributed by atoms with E-state index in [2.05, 4.69) is 29.7 Å². The third-order valence-corrected chi connectivity index (χ3v) is 6.26. The largest absolute Gasteiger partial charge is 0.508 e. The van der Waals surface area contributed by atoms with E-state index in [1.54, 1.807) is 19.2 Å². The van der Waals surface area contributed by atoms with Gasteiger partial charge in [-0.3, -0.25) is 9.80 Å². The van der Waals surface area contributed by atoms with Crippen LogP contribution >= 0.6 is 11.6 Å². The third-order valence-electron chi connectivity index (χ3n) is 6.03. The molecule has 0 saturated carbocycles. The van der Waals surface area contributed by atoms with E-state index in [1.807, 2.05) is 12.1 Å². The van der Waals surface area contributed by atoms with Crippen molar-refractivity contribution in [3.63, 3.8) is 0 Å². The molecule has 1 fully saturated rings. The van der Waals surface area contributed by atoms with Crippen LogP contribution in [0.1, 0.15) is 28.7 Å². The second-order valence-electron chi connectivity index (χ2n) is 7.82. The highest BCUT2D eigenvalue weighted by Gasteiger charge is 2.27. The molecule has 2 N–H and O–H groups in total. The number of phenolic OH excluding ortho intramolecular Hbond substituents is 1. The first-order chi connectivity index (χ1) is 13.9. The maximum Gasteiger partial charge on any atom is 0.122 e. The molecule has 0 spiro atoms. The van der Waals surface area contributed by atoms with Gasteiger partial charge in [0.2, 0.25) is 0 Å². The molecular formula is C23H31ClN2O3.